The highest BCUT2D eigenvalue weighted by molar-refractivity contribution is 6.47. The summed E-state index contributed by atoms with van der Waals surface area (Å²) in [6.45, 7) is 16.2. The summed E-state index contributed by atoms with van der Waals surface area (Å²) in [6.07, 6.45) is 5.76. The van der Waals surface area contributed by atoms with E-state index in [9.17, 15) is 24.0 Å². The van der Waals surface area contributed by atoms with Crippen LogP contribution in [0.15, 0.2) is 48.5 Å². The molecule has 2 bridgehead atoms. The number of hydrogen-bond acceptors (Lipinski definition) is 9. The fraction of sp³-hybridized carbons (Fsp3) is 0.638. The molecule has 322 valence electrons. The Bertz CT molecular complexity index is 1800. The van der Waals surface area contributed by atoms with E-state index < -0.39 is 48.6 Å². The van der Waals surface area contributed by atoms with Crippen LogP contribution in [0, 0.1) is 35.0 Å². The normalized spacial score (nSPS) is 24.3. The maximum atomic E-state index is 13.8. The average molecular weight is 813 g/mol. The molecule has 4 fully saturated rings. The highest BCUT2D eigenvalue weighted by atomic mass is 16.7. The Morgan fingerprint density at radius 3 is 1.98 bits per heavy atom. The van der Waals surface area contributed by atoms with Crippen molar-refractivity contribution in [1.82, 2.24) is 10.6 Å². The number of nitrogens with two attached hydrogens (primary N) is 2. The Kier molecular flexibility index (Phi) is 15.5. The number of benzene rings is 2. The summed E-state index contributed by atoms with van der Waals surface area (Å²) in [5.74, 6) is -2.46. The van der Waals surface area contributed by atoms with Gasteiger partial charge in [0.1, 0.15) is 0 Å². The van der Waals surface area contributed by atoms with Gasteiger partial charge in [-0.3, -0.25) is 24.0 Å². The van der Waals surface area contributed by atoms with Gasteiger partial charge < -0.3 is 31.4 Å². The van der Waals surface area contributed by atoms with Crippen molar-refractivity contribution in [3.63, 3.8) is 0 Å². The van der Waals surface area contributed by atoms with Crippen LogP contribution in [0.5, 0.6) is 0 Å². The predicted molar refractivity (Wildman–Crippen MR) is 232 cm³/mol. The zero-order chi connectivity index (χ0) is 43.2. The van der Waals surface area contributed by atoms with E-state index in [-0.39, 0.29) is 72.8 Å². The Morgan fingerprint density at radius 1 is 0.797 bits per heavy atom. The first-order chi connectivity index (χ1) is 27.9. The third kappa shape index (κ3) is 10.8. The number of carbonyl (C=O) groups is 5. The third-order valence-corrected chi connectivity index (χ3v) is 13.7. The molecule has 0 radical (unpaired) electrons. The number of ketones is 3. The number of aryl methyl sites for hydroxylation is 1. The number of rotatable bonds is 22. The SMILES string of the molecule is CCCCc1ccc(-c2ccc(C(=O)C[C@@H](CN)C(=O)NC(CN)C(=O)C[C@@H](C)C(=O)N[C@@H](CC(C)C)C(=O)C[C@@H](C)B3O[C@@H]4C[C@@H]5C[C@@H](C5(C)C)[C@]4(C)O3)cc2)cc1. The standard InChI is InChI=1S/C47H69BN4O7/c1-9-10-11-31-12-14-32(15-13-31)33-16-18-34(19-17-33)39(53)23-35(26-49)45(57)52-38(27-50)40(54)21-29(4)44(56)51-37(20-28(2)3)41(55)22-30(5)48-58-43-25-36-24-42(46(36,6)7)47(43,8)59-48/h12-19,28-30,35-38,42-43H,9-11,20-27,49-50H2,1-8H3,(H,51,56)(H,52,57)/t29-,30-,35+,36+,37+,38?,42+,43-,47+/m1/s1. The Morgan fingerprint density at radius 2 is 1.41 bits per heavy atom. The molecule has 11 nitrogen and oxygen atoms in total. The molecule has 0 spiro atoms. The molecule has 1 heterocycles. The van der Waals surface area contributed by atoms with Crippen molar-refractivity contribution in [1.29, 1.82) is 0 Å². The van der Waals surface area contributed by atoms with E-state index in [0.717, 1.165) is 43.2 Å². The van der Waals surface area contributed by atoms with Gasteiger partial charge in [0.15, 0.2) is 17.3 Å². The monoisotopic (exact) mass is 813 g/mol. The lowest BCUT2D eigenvalue weighted by atomic mass is 9.43. The second kappa shape index (κ2) is 19.8. The molecular formula is C47H69BN4O7. The van der Waals surface area contributed by atoms with Gasteiger partial charge in [-0.25, -0.2) is 0 Å². The first-order valence-electron chi connectivity index (χ1n) is 22.0. The highest BCUT2D eigenvalue weighted by Crippen LogP contribution is 2.66. The summed E-state index contributed by atoms with van der Waals surface area (Å²) >= 11 is 0. The molecule has 2 amide bonds. The maximum absolute atomic E-state index is 13.8. The summed E-state index contributed by atoms with van der Waals surface area (Å²) in [5, 5.41) is 5.60. The first kappa shape index (κ1) is 46.4. The van der Waals surface area contributed by atoms with E-state index in [0.29, 0.717) is 23.8 Å². The molecule has 6 rings (SSSR count). The smallest absolute Gasteiger partial charge is 0.405 e. The van der Waals surface area contributed by atoms with E-state index in [1.807, 2.05) is 32.9 Å². The second-order valence-electron chi connectivity index (χ2n) is 19.0. The predicted octanol–water partition coefficient (Wildman–Crippen LogP) is 6.49. The van der Waals surface area contributed by atoms with E-state index in [1.54, 1.807) is 19.1 Å². The Hall–Kier alpha value is -3.71. The van der Waals surface area contributed by atoms with Crippen LogP contribution in [0.2, 0.25) is 5.82 Å². The molecule has 6 N–H and O–H groups in total. The van der Waals surface area contributed by atoms with Gasteiger partial charge in [0.25, 0.3) is 0 Å². The van der Waals surface area contributed by atoms with Crippen molar-refractivity contribution < 1.29 is 33.3 Å². The highest BCUT2D eigenvalue weighted by Gasteiger charge is 2.68. The van der Waals surface area contributed by atoms with Crippen LogP contribution < -0.4 is 22.1 Å². The molecule has 3 saturated carbocycles. The fourth-order valence-corrected chi connectivity index (χ4v) is 9.57. The second-order valence-corrected chi connectivity index (χ2v) is 19.0. The lowest BCUT2D eigenvalue weighted by molar-refractivity contribution is -0.199. The van der Waals surface area contributed by atoms with Crippen molar-refractivity contribution in [2.75, 3.05) is 13.1 Å². The number of nitrogens with one attached hydrogen (secondary N) is 2. The van der Waals surface area contributed by atoms with Crippen molar-refractivity contribution in [3.05, 3.63) is 59.7 Å². The van der Waals surface area contributed by atoms with E-state index in [4.69, 9.17) is 20.8 Å². The average Bonchev–Trinajstić information content (AvgIpc) is 3.58. The summed E-state index contributed by atoms with van der Waals surface area (Å²) in [4.78, 5) is 67.2. The molecule has 1 aliphatic heterocycles. The van der Waals surface area contributed by atoms with Crippen LogP contribution in [0.3, 0.4) is 0 Å². The minimum atomic E-state index is -1.07. The molecule has 9 atom stereocenters. The largest absolute Gasteiger partial charge is 0.461 e. The summed E-state index contributed by atoms with van der Waals surface area (Å²) < 4.78 is 13.0. The summed E-state index contributed by atoms with van der Waals surface area (Å²) in [5.41, 5.74) is 15.5. The van der Waals surface area contributed by atoms with Crippen molar-refractivity contribution in [3.8, 4) is 11.1 Å². The minimum absolute atomic E-state index is 0.0183. The molecule has 1 saturated heterocycles. The van der Waals surface area contributed by atoms with Crippen molar-refractivity contribution in [2.24, 2.45) is 46.5 Å². The fourth-order valence-electron chi connectivity index (χ4n) is 9.57. The number of unbranched alkanes of at least 4 members (excludes halogenated alkanes) is 1. The molecular weight excluding hydrogens is 743 g/mol. The van der Waals surface area contributed by atoms with Crippen LogP contribution in [0.4, 0.5) is 0 Å². The Labute approximate surface area is 352 Å². The number of amides is 2. The maximum Gasteiger partial charge on any atom is 0.461 e. The number of hydrogen-bond donors (Lipinski definition) is 4. The van der Waals surface area contributed by atoms with Gasteiger partial charge in [-0.1, -0.05) is 103 Å². The van der Waals surface area contributed by atoms with E-state index in [1.165, 1.54) is 5.56 Å². The zero-order valence-electron chi connectivity index (χ0n) is 36.7. The number of Topliss-reactive ketones (excluding diaryl/α,β-unsaturated/α-hetero) is 3. The topological polar surface area (TPSA) is 180 Å². The Balaban J connectivity index is 1.10. The van der Waals surface area contributed by atoms with Crippen LogP contribution in [0.1, 0.15) is 123 Å². The first-order valence-corrected chi connectivity index (χ1v) is 22.0. The lowest BCUT2D eigenvalue weighted by Gasteiger charge is -2.64. The molecule has 1 unspecified atom stereocenters. The van der Waals surface area contributed by atoms with Gasteiger partial charge in [-0.05, 0) is 84.7 Å². The van der Waals surface area contributed by atoms with Gasteiger partial charge in [0.2, 0.25) is 11.8 Å². The van der Waals surface area contributed by atoms with Gasteiger partial charge in [-0.15, -0.1) is 0 Å². The molecule has 59 heavy (non-hydrogen) atoms. The van der Waals surface area contributed by atoms with Crippen molar-refractivity contribution in [2.45, 2.75) is 143 Å². The van der Waals surface area contributed by atoms with Gasteiger partial charge >= 0.3 is 7.12 Å². The van der Waals surface area contributed by atoms with Gasteiger partial charge in [0, 0.05) is 43.8 Å². The number of carbonyl (C=O) groups excluding carboxylic acids is 5. The van der Waals surface area contributed by atoms with Crippen LogP contribution >= 0.6 is 0 Å². The molecule has 3 aliphatic carbocycles. The molecule has 2 aromatic carbocycles. The molecule has 4 aliphatic rings. The zero-order valence-corrected chi connectivity index (χ0v) is 36.7. The quantitative estimate of drug-likeness (QED) is 0.0764. The third-order valence-electron chi connectivity index (χ3n) is 13.7. The molecule has 12 heteroatoms. The summed E-state index contributed by atoms with van der Waals surface area (Å²) in [6, 6.07) is 13.9. The van der Waals surface area contributed by atoms with Crippen LogP contribution in [0.25, 0.3) is 11.1 Å². The summed E-state index contributed by atoms with van der Waals surface area (Å²) in [7, 11) is -0.494. The minimum Gasteiger partial charge on any atom is -0.405 e. The van der Waals surface area contributed by atoms with E-state index >= 15 is 0 Å². The van der Waals surface area contributed by atoms with E-state index in [2.05, 4.69) is 62.6 Å². The lowest BCUT2D eigenvalue weighted by Crippen LogP contribution is -2.65. The van der Waals surface area contributed by atoms with Crippen molar-refractivity contribution >= 4 is 36.3 Å². The van der Waals surface area contributed by atoms with Crippen LogP contribution in [-0.4, -0.2) is 73.2 Å². The molecule has 0 aromatic heterocycles. The van der Waals surface area contributed by atoms with Gasteiger partial charge in [0.05, 0.1) is 29.7 Å². The van der Waals surface area contributed by atoms with Crippen LogP contribution in [-0.2, 0) is 34.9 Å². The van der Waals surface area contributed by atoms with Gasteiger partial charge in [-0.2, -0.15) is 0 Å². The molecule has 2 aromatic rings.